The first-order valence-electron chi connectivity index (χ1n) is 10.0. The van der Waals surface area contributed by atoms with Crippen LogP contribution in [-0.4, -0.2) is 19.7 Å². The molecule has 0 fully saturated rings. The van der Waals surface area contributed by atoms with Crippen LogP contribution in [0.25, 0.3) is 11.1 Å². The molecule has 0 radical (unpaired) electrons. The average molecular weight is 424 g/mol. The zero-order chi connectivity index (χ0) is 22.9. The highest BCUT2D eigenvalue weighted by atomic mass is 16.5. The van der Waals surface area contributed by atoms with Gasteiger partial charge in [-0.15, -0.1) is 0 Å². The molecule has 0 amide bonds. The van der Waals surface area contributed by atoms with Gasteiger partial charge >= 0.3 is 0 Å². The molecule has 0 aromatic heterocycles. The molecule has 0 spiro atoms. The third-order valence-corrected chi connectivity index (χ3v) is 4.94. The van der Waals surface area contributed by atoms with Crippen LogP contribution >= 0.6 is 0 Å². The van der Waals surface area contributed by atoms with Crippen LogP contribution in [0.3, 0.4) is 0 Å². The van der Waals surface area contributed by atoms with Gasteiger partial charge in [-0.25, -0.2) is 0 Å². The molecular weight excluding hydrogens is 400 g/mol. The van der Waals surface area contributed by atoms with Gasteiger partial charge < -0.3 is 14.3 Å². The maximum atomic E-state index is 12.7. The van der Waals surface area contributed by atoms with Crippen LogP contribution in [0.4, 0.5) is 0 Å². The number of benzene rings is 4. The smallest absolute Gasteiger partial charge is 0.193 e. The highest BCUT2D eigenvalue weighted by Crippen LogP contribution is 2.26. The van der Waals surface area contributed by atoms with Crippen molar-refractivity contribution in [2.75, 3.05) is 7.11 Å². The zero-order valence-electron chi connectivity index (χ0n) is 18.1. The van der Waals surface area contributed by atoms with Crippen molar-refractivity contribution in [3.63, 3.8) is 0 Å². The van der Waals surface area contributed by atoms with Crippen molar-refractivity contribution in [3.05, 3.63) is 114 Å². The lowest BCUT2D eigenvalue weighted by Gasteiger charge is -2.08. The van der Waals surface area contributed by atoms with E-state index in [9.17, 15) is 4.79 Å². The average Bonchev–Trinajstić information content (AvgIpc) is 2.87. The maximum Gasteiger partial charge on any atom is 0.193 e. The van der Waals surface area contributed by atoms with Crippen LogP contribution in [0.2, 0.25) is 0 Å². The third-order valence-electron chi connectivity index (χ3n) is 4.94. The normalized spacial score (nSPS) is 9.94. The Kier molecular flexibility index (Phi) is 7.55. The number of hydrogen-bond donors (Lipinski definition) is 0. The monoisotopic (exact) mass is 424 g/mol. The Hall–Kier alpha value is -4.18. The second-order valence-electron chi connectivity index (χ2n) is 7.07. The van der Waals surface area contributed by atoms with Crippen LogP contribution in [0, 0.1) is 6.92 Å². The largest absolute Gasteiger partial charge is 0.497 e. The summed E-state index contributed by atoms with van der Waals surface area (Å²) in [6.45, 7) is 4.05. The van der Waals surface area contributed by atoms with E-state index in [1.807, 2.05) is 79.6 Å². The fourth-order valence-electron chi connectivity index (χ4n) is 3.18. The number of carbonyl (C=O) groups excluding carboxylic acids is 2. The van der Waals surface area contributed by atoms with E-state index >= 15 is 0 Å². The molecular formula is C28H24O4. The molecule has 4 rings (SSSR count). The molecule has 4 aromatic rings. The van der Waals surface area contributed by atoms with Crippen LogP contribution in [0.1, 0.15) is 21.5 Å². The molecule has 160 valence electrons. The van der Waals surface area contributed by atoms with Crippen molar-refractivity contribution in [1.29, 1.82) is 0 Å². The number of aryl methyl sites for hydroxylation is 1. The summed E-state index contributed by atoms with van der Waals surface area (Å²) in [6, 6.07) is 30.7. The van der Waals surface area contributed by atoms with Crippen molar-refractivity contribution in [1.82, 2.24) is 0 Å². The van der Waals surface area contributed by atoms with Gasteiger partial charge in [-0.1, -0.05) is 54.1 Å². The van der Waals surface area contributed by atoms with E-state index in [-0.39, 0.29) is 5.78 Å². The van der Waals surface area contributed by atoms with Gasteiger partial charge in [0.05, 0.1) is 7.11 Å². The number of carbonyl (C=O) groups is 2. The Morgan fingerprint density at radius 2 is 0.969 bits per heavy atom. The van der Waals surface area contributed by atoms with Gasteiger partial charge in [0.2, 0.25) is 0 Å². The van der Waals surface area contributed by atoms with Crippen LogP contribution in [-0.2, 0) is 4.79 Å². The van der Waals surface area contributed by atoms with E-state index in [0.29, 0.717) is 11.1 Å². The second kappa shape index (κ2) is 10.7. The van der Waals surface area contributed by atoms with Gasteiger partial charge in [0.25, 0.3) is 0 Å². The number of hydrogen-bond acceptors (Lipinski definition) is 4. The van der Waals surface area contributed by atoms with E-state index in [0.717, 1.165) is 28.4 Å². The lowest BCUT2D eigenvalue weighted by Crippen LogP contribution is -2.01. The summed E-state index contributed by atoms with van der Waals surface area (Å²) in [4.78, 5) is 20.7. The van der Waals surface area contributed by atoms with Crippen LogP contribution < -0.4 is 9.47 Å². The van der Waals surface area contributed by atoms with Gasteiger partial charge in [0.1, 0.15) is 24.0 Å². The quantitative estimate of drug-likeness (QED) is 0.331. The topological polar surface area (TPSA) is 52.6 Å². The highest BCUT2D eigenvalue weighted by Gasteiger charge is 2.09. The van der Waals surface area contributed by atoms with Crippen LogP contribution in [0.5, 0.6) is 17.2 Å². The minimum absolute atomic E-state index is 0.00829. The standard InChI is InChI=1S/C27H22O3.CH2O/c1-19-3-13-25(14-4-19)30-26-17-9-21(10-18-26)20-5-7-22(8-6-20)27(28)23-11-15-24(29-2)16-12-23;1-2/h3-18H,1-2H3;1H2. The van der Waals surface area contributed by atoms with E-state index in [4.69, 9.17) is 14.3 Å². The number of methoxy groups -OCH3 is 1. The summed E-state index contributed by atoms with van der Waals surface area (Å²) >= 11 is 0. The Morgan fingerprint density at radius 1 is 0.594 bits per heavy atom. The minimum Gasteiger partial charge on any atom is -0.497 e. The van der Waals surface area contributed by atoms with Crippen molar-refractivity contribution in [3.8, 4) is 28.4 Å². The molecule has 0 heterocycles. The number of ketones is 1. The Labute approximate surface area is 188 Å². The molecule has 0 bridgehead atoms. The van der Waals surface area contributed by atoms with Crippen molar-refractivity contribution < 1.29 is 19.1 Å². The van der Waals surface area contributed by atoms with Gasteiger partial charge in [-0.2, -0.15) is 0 Å². The lowest BCUT2D eigenvalue weighted by molar-refractivity contribution is -0.0980. The molecule has 0 unspecified atom stereocenters. The summed E-state index contributed by atoms with van der Waals surface area (Å²) < 4.78 is 11.0. The van der Waals surface area contributed by atoms with Crippen molar-refractivity contribution in [2.24, 2.45) is 0 Å². The molecule has 0 aliphatic rings. The Morgan fingerprint density at radius 3 is 1.44 bits per heavy atom. The molecule has 0 saturated heterocycles. The second-order valence-corrected chi connectivity index (χ2v) is 7.07. The van der Waals surface area contributed by atoms with Crippen molar-refractivity contribution in [2.45, 2.75) is 6.92 Å². The number of ether oxygens (including phenoxy) is 2. The zero-order valence-corrected chi connectivity index (χ0v) is 18.1. The lowest BCUT2D eigenvalue weighted by atomic mass is 9.99. The minimum atomic E-state index is -0.00829. The molecule has 4 aromatic carbocycles. The predicted octanol–water partition coefficient (Wildman–Crippen LogP) is 6.51. The molecule has 0 N–H and O–H groups in total. The summed E-state index contributed by atoms with van der Waals surface area (Å²) in [7, 11) is 1.61. The molecule has 4 nitrogen and oxygen atoms in total. The molecule has 4 heteroatoms. The van der Waals surface area contributed by atoms with E-state index in [1.165, 1.54) is 5.56 Å². The van der Waals surface area contributed by atoms with Gasteiger partial charge in [0.15, 0.2) is 5.78 Å². The van der Waals surface area contributed by atoms with Gasteiger partial charge in [0, 0.05) is 11.1 Å². The summed E-state index contributed by atoms with van der Waals surface area (Å²) in [5.41, 5.74) is 4.61. The first kappa shape index (κ1) is 22.5. The summed E-state index contributed by atoms with van der Waals surface area (Å²) in [6.07, 6.45) is 0. The Bertz CT molecular complexity index is 1140. The maximum absolute atomic E-state index is 12.7. The SMILES string of the molecule is C=O.COc1ccc(C(=O)c2ccc(-c3ccc(Oc4ccc(C)cc4)cc3)cc2)cc1. The molecule has 0 aliphatic carbocycles. The first-order chi connectivity index (χ1) is 15.6. The summed E-state index contributed by atoms with van der Waals surface area (Å²) in [5, 5.41) is 0. The molecule has 0 saturated carbocycles. The number of rotatable bonds is 6. The fraction of sp³-hybridized carbons (Fsp3) is 0.0714. The van der Waals surface area contributed by atoms with Gasteiger partial charge in [-0.05, 0) is 66.6 Å². The van der Waals surface area contributed by atoms with Gasteiger partial charge in [-0.3, -0.25) is 4.79 Å². The molecule has 0 aliphatic heterocycles. The predicted molar refractivity (Wildman–Crippen MR) is 127 cm³/mol. The first-order valence-corrected chi connectivity index (χ1v) is 10.0. The highest BCUT2D eigenvalue weighted by molar-refractivity contribution is 6.09. The van der Waals surface area contributed by atoms with E-state index < -0.39 is 0 Å². The van der Waals surface area contributed by atoms with Crippen molar-refractivity contribution >= 4 is 12.6 Å². The van der Waals surface area contributed by atoms with Crippen LogP contribution in [0.15, 0.2) is 97.1 Å². The summed E-state index contributed by atoms with van der Waals surface area (Å²) in [5.74, 6) is 2.33. The molecule has 0 atom stereocenters. The molecule has 32 heavy (non-hydrogen) atoms. The van der Waals surface area contributed by atoms with E-state index in [2.05, 4.69) is 6.92 Å². The van der Waals surface area contributed by atoms with E-state index in [1.54, 1.807) is 31.4 Å². The Balaban J connectivity index is 0.00000141. The fourth-order valence-corrected chi connectivity index (χ4v) is 3.18. The third kappa shape index (κ3) is 5.49.